The molecular formula is C6H12F2N2O2S. The summed E-state index contributed by atoms with van der Waals surface area (Å²) in [6, 6.07) is -0.445. The number of halogens is 2. The number of sulfonamides is 1. The normalized spacial score (nSPS) is 25.7. The molecule has 1 heterocycles. The molecule has 1 fully saturated rings. The van der Waals surface area contributed by atoms with Crippen LogP contribution >= 0.6 is 0 Å². The first-order chi connectivity index (χ1) is 6.00. The van der Waals surface area contributed by atoms with E-state index in [2.05, 4.69) is 0 Å². The fourth-order valence-corrected chi connectivity index (χ4v) is 2.68. The number of alkyl halides is 2. The smallest absolute Gasteiger partial charge is 0.329 e. The Morgan fingerprint density at radius 3 is 2.62 bits per heavy atom. The zero-order chi connectivity index (χ0) is 10.1. The predicted molar refractivity (Wildman–Crippen MR) is 43.7 cm³/mol. The lowest BCUT2D eigenvalue weighted by atomic mass is 10.2. The number of nitrogens with zero attached hydrogens (tertiary/aromatic N) is 1. The van der Waals surface area contributed by atoms with Crippen LogP contribution in [0, 0.1) is 0 Å². The monoisotopic (exact) mass is 214 g/mol. The summed E-state index contributed by atoms with van der Waals surface area (Å²) in [5.74, 6) is -3.33. The van der Waals surface area contributed by atoms with E-state index in [1.54, 1.807) is 0 Å². The Labute approximate surface area is 75.7 Å². The highest BCUT2D eigenvalue weighted by atomic mass is 32.2. The average molecular weight is 214 g/mol. The third-order valence-electron chi connectivity index (χ3n) is 2.15. The summed E-state index contributed by atoms with van der Waals surface area (Å²) in [5, 5.41) is 0. The summed E-state index contributed by atoms with van der Waals surface area (Å²) in [7, 11) is -4.42. The van der Waals surface area contributed by atoms with Crippen molar-refractivity contribution in [1.29, 1.82) is 0 Å². The van der Waals surface area contributed by atoms with Crippen molar-refractivity contribution >= 4 is 10.0 Å². The van der Waals surface area contributed by atoms with Crippen molar-refractivity contribution in [3.63, 3.8) is 0 Å². The van der Waals surface area contributed by atoms with Gasteiger partial charge < -0.3 is 5.73 Å². The van der Waals surface area contributed by atoms with Gasteiger partial charge in [0.15, 0.2) is 0 Å². The van der Waals surface area contributed by atoms with Crippen LogP contribution in [-0.2, 0) is 10.0 Å². The molecule has 4 nitrogen and oxygen atoms in total. The quantitative estimate of drug-likeness (QED) is 0.717. The molecule has 1 rings (SSSR count). The molecule has 1 unspecified atom stereocenters. The summed E-state index contributed by atoms with van der Waals surface area (Å²) in [5.41, 5.74) is 5.27. The van der Waals surface area contributed by atoms with Gasteiger partial charge in [0.1, 0.15) is 0 Å². The molecule has 7 heteroatoms. The molecule has 0 radical (unpaired) electrons. The molecule has 0 aliphatic carbocycles. The highest BCUT2D eigenvalue weighted by molar-refractivity contribution is 7.89. The van der Waals surface area contributed by atoms with Gasteiger partial charge in [-0.15, -0.1) is 0 Å². The second-order valence-corrected chi connectivity index (χ2v) is 4.80. The van der Waals surface area contributed by atoms with Gasteiger partial charge in [0, 0.05) is 19.1 Å². The minimum atomic E-state index is -4.42. The average Bonchev–Trinajstić information content (AvgIpc) is 2.51. The maximum Gasteiger partial charge on any atom is 0.350 e. The van der Waals surface area contributed by atoms with E-state index < -0.39 is 21.8 Å². The number of nitrogens with two attached hydrogens (primary N) is 1. The van der Waals surface area contributed by atoms with Crippen molar-refractivity contribution in [1.82, 2.24) is 4.31 Å². The van der Waals surface area contributed by atoms with Gasteiger partial charge in [-0.05, 0) is 12.8 Å². The molecule has 0 saturated carbocycles. The molecule has 0 bridgehead atoms. The van der Waals surface area contributed by atoms with Crippen LogP contribution in [0.4, 0.5) is 8.78 Å². The fraction of sp³-hybridized carbons (Fsp3) is 1.00. The van der Waals surface area contributed by atoms with Crippen molar-refractivity contribution in [2.75, 3.05) is 13.1 Å². The van der Waals surface area contributed by atoms with E-state index in [0.29, 0.717) is 12.8 Å². The first kappa shape index (κ1) is 10.8. The van der Waals surface area contributed by atoms with Crippen LogP contribution in [0.3, 0.4) is 0 Å². The highest BCUT2D eigenvalue weighted by Gasteiger charge is 2.38. The lowest BCUT2D eigenvalue weighted by Crippen LogP contribution is -2.42. The van der Waals surface area contributed by atoms with Crippen LogP contribution in [0.5, 0.6) is 0 Å². The zero-order valence-corrected chi connectivity index (χ0v) is 7.80. The van der Waals surface area contributed by atoms with E-state index in [-0.39, 0.29) is 13.1 Å². The maximum absolute atomic E-state index is 12.1. The van der Waals surface area contributed by atoms with Gasteiger partial charge in [0.25, 0.3) is 10.0 Å². The lowest BCUT2D eigenvalue weighted by Gasteiger charge is -2.21. The fourth-order valence-electron chi connectivity index (χ4n) is 1.48. The Hall–Kier alpha value is -0.270. The second kappa shape index (κ2) is 3.85. The third-order valence-corrected chi connectivity index (χ3v) is 3.73. The lowest BCUT2D eigenvalue weighted by molar-refractivity contribution is 0.217. The number of rotatable bonds is 3. The topological polar surface area (TPSA) is 63.4 Å². The summed E-state index contributed by atoms with van der Waals surface area (Å²) >= 11 is 0. The van der Waals surface area contributed by atoms with Crippen molar-refractivity contribution in [2.45, 2.75) is 24.6 Å². The summed E-state index contributed by atoms with van der Waals surface area (Å²) in [4.78, 5) is 0. The number of hydrogen-bond donors (Lipinski definition) is 1. The molecule has 0 aromatic carbocycles. The van der Waals surface area contributed by atoms with Crippen LogP contribution in [-0.4, -0.2) is 37.6 Å². The highest BCUT2D eigenvalue weighted by Crippen LogP contribution is 2.23. The van der Waals surface area contributed by atoms with Crippen LogP contribution in [0.25, 0.3) is 0 Å². The van der Waals surface area contributed by atoms with Crippen molar-refractivity contribution < 1.29 is 17.2 Å². The van der Waals surface area contributed by atoms with Gasteiger partial charge in [-0.2, -0.15) is 13.1 Å². The minimum Gasteiger partial charge on any atom is -0.329 e. The standard InChI is InChI=1S/C6H12F2N2O2S/c7-6(8)13(11,12)10-3-1-2-5(10)4-9/h5-6H,1-4,9H2. The summed E-state index contributed by atoms with van der Waals surface area (Å²) < 4.78 is 47.1. The van der Waals surface area contributed by atoms with Crippen LogP contribution in [0.1, 0.15) is 12.8 Å². The van der Waals surface area contributed by atoms with E-state index >= 15 is 0 Å². The molecular weight excluding hydrogens is 202 g/mol. The van der Waals surface area contributed by atoms with E-state index in [4.69, 9.17) is 5.73 Å². The van der Waals surface area contributed by atoms with E-state index in [1.807, 2.05) is 0 Å². The Kier molecular flexibility index (Phi) is 3.20. The van der Waals surface area contributed by atoms with Crippen molar-refractivity contribution in [3.8, 4) is 0 Å². The molecule has 0 spiro atoms. The van der Waals surface area contributed by atoms with E-state index in [9.17, 15) is 17.2 Å². The molecule has 78 valence electrons. The molecule has 0 aromatic heterocycles. The molecule has 0 aromatic rings. The van der Waals surface area contributed by atoms with Gasteiger partial charge in [0.05, 0.1) is 0 Å². The summed E-state index contributed by atoms with van der Waals surface area (Å²) in [6.07, 6.45) is 1.18. The van der Waals surface area contributed by atoms with E-state index in [0.717, 1.165) is 4.31 Å². The van der Waals surface area contributed by atoms with Crippen LogP contribution < -0.4 is 5.73 Å². The van der Waals surface area contributed by atoms with Gasteiger partial charge in [0.2, 0.25) is 0 Å². The molecule has 0 amide bonds. The SMILES string of the molecule is NCC1CCCN1S(=O)(=O)C(F)F. The largest absolute Gasteiger partial charge is 0.350 e. The van der Waals surface area contributed by atoms with E-state index in [1.165, 1.54) is 0 Å². The molecule has 2 N–H and O–H groups in total. The Morgan fingerprint density at radius 1 is 1.54 bits per heavy atom. The molecule has 1 aliphatic rings. The second-order valence-electron chi connectivity index (χ2n) is 2.95. The number of hydrogen-bond acceptors (Lipinski definition) is 3. The first-order valence-corrected chi connectivity index (χ1v) is 5.49. The molecule has 13 heavy (non-hydrogen) atoms. The Balaban J connectivity index is 2.82. The third kappa shape index (κ3) is 1.97. The summed E-state index contributed by atoms with van der Waals surface area (Å²) in [6.45, 7) is 0.264. The molecule has 1 saturated heterocycles. The van der Waals surface area contributed by atoms with Crippen LogP contribution in [0.15, 0.2) is 0 Å². The van der Waals surface area contributed by atoms with Crippen molar-refractivity contribution in [3.05, 3.63) is 0 Å². The van der Waals surface area contributed by atoms with Gasteiger partial charge in [-0.25, -0.2) is 8.42 Å². The van der Waals surface area contributed by atoms with Gasteiger partial charge in [-0.1, -0.05) is 0 Å². The molecule has 1 aliphatic heterocycles. The van der Waals surface area contributed by atoms with Gasteiger partial charge in [-0.3, -0.25) is 0 Å². The first-order valence-electron chi connectivity index (χ1n) is 3.99. The molecule has 1 atom stereocenters. The zero-order valence-electron chi connectivity index (χ0n) is 6.99. The Bertz CT molecular complexity index is 268. The van der Waals surface area contributed by atoms with Crippen molar-refractivity contribution in [2.24, 2.45) is 5.73 Å². The Morgan fingerprint density at radius 2 is 2.15 bits per heavy atom. The minimum absolute atomic E-state index is 0.103. The predicted octanol–water partition coefficient (Wildman–Crippen LogP) is -0.0381. The van der Waals surface area contributed by atoms with Crippen LogP contribution in [0.2, 0.25) is 0 Å². The maximum atomic E-state index is 12.1. The van der Waals surface area contributed by atoms with Gasteiger partial charge >= 0.3 is 5.76 Å².